The first-order chi connectivity index (χ1) is 5.61. The third-order valence-corrected chi connectivity index (χ3v) is 1.30. The van der Waals surface area contributed by atoms with E-state index in [1.165, 1.54) is 13.0 Å². The minimum absolute atomic E-state index is 0.468. The lowest BCUT2D eigenvalue weighted by Gasteiger charge is -2.20. The first-order valence-corrected chi connectivity index (χ1v) is 3.30. The fourth-order valence-electron chi connectivity index (χ4n) is 0.691. The van der Waals surface area contributed by atoms with Crippen molar-refractivity contribution in [3.63, 3.8) is 0 Å². The van der Waals surface area contributed by atoms with E-state index in [4.69, 9.17) is 0 Å². The molecule has 0 aromatic carbocycles. The van der Waals surface area contributed by atoms with E-state index in [0.717, 1.165) is 6.26 Å². The van der Waals surface area contributed by atoms with Crippen molar-refractivity contribution in [2.24, 2.45) is 0 Å². The number of hydrogen-bond acceptors (Lipinski definition) is 4. The number of carbonyl (C=O) groups is 3. The van der Waals surface area contributed by atoms with Crippen LogP contribution in [0.3, 0.4) is 0 Å². The van der Waals surface area contributed by atoms with Gasteiger partial charge in [0.15, 0.2) is 0 Å². The minimum Gasteiger partial charge on any atom is -0.435 e. The summed E-state index contributed by atoms with van der Waals surface area (Å²) < 4.78 is 4.41. The zero-order valence-corrected chi connectivity index (χ0v) is 6.37. The van der Waals surface area contributed by atoms with Crippen molar-refractivity contribution in [1.29, 1.82) is 0 Å². The molecule has 1 atom stereocenters. The fraction of sp³-hybridized carbons (Fsp3) is 0.286. The number of carbonyl (C=O) groups excluding carboxylic acids is 3. The molecule has 12 heavy (non-hydrogen) atoms. The van der Waals surface area contributed by atoms with Crippen LogP contribution in [-0.2, 0) is 19.1 Å². The van der Waals surface area contributed by atoms with Gasteiger partial charge in [0.25, 0.3) is 5.91 Å². The summed E-state index contributed by atoms with van der Waals surface area (Å²) in [6.45, 7) is 1.24. The highest BCUT2D eigenvalue weighted by Crippen LogP contribution is 2.00. The molecule has 0 saturated carbocycles. The highest BCUT2D eigenvalue weighted by Gasteiger charge is 2.34. The first kappa shape index (κ1) is 8.45. The van der Waals surface area contributed by atoms with Gasteiger partial charge in [-0.2, -0.15) is 0 Å². The Morgan fingerprint density at radius 2 is 2.25 bits per heavy atom. The predicted octanol–water partition coefficient (Wildman–Crippen LogP) is -0.869. The molecule has 1 N–H and O–H groups in total. The number of nitrogens with one attached hydrogen (secondary N) is 1. The van der Waals surface area contributed by atoms with E-state index in [2.05, 4.69) is 10.1 Å². The number of ether oxygens (including phenoxy) is 1. The van der Waals surface area contributed by atoms with Gasteiger partial charge >= 0.3 is 5.97 Å². The Hall–Kier alpha value is -1.65. The standard InChI is InChI=1S/C7H7NO4/c1-4(9)12-3-2-5-6(10)7(11)8-5/h2-3,5H,1H3,(H,8,11). The lowest BCUT2D eigenvalue weighted by molar-refractivity contribution is -0.145. The summed E-state index contributed by atoms with van der Waals surface area (Å²) in [5.41, 5.74) is 0. The third-order valence-electron chi connectivity index (χ3n) is 1.30. The Kier molecular flexibility index (Phi) is 2.23. The zero-order chi connectivity index (χ0) is 9.14. The molecule has 1 heterocycles. The maximum Gasteiger partial charge on any atom is 0.307 e. The van der Waals surface area contributed by atoms with Crippen molar-refractivity contribution < 1.29 is 19.1 Å². The second-order valence-corrected chi connectivity index (χ2v) is 2.25. The van der Waals surface area contributed by atoms with Gasteiger partial charge in [0, 0.05) is 6.92 Å². The Labute approximate surface area is 68.4 Å². The van der Waals surface area contributed by atoms with Crippen molar-refractivity contribution in [1.82, 2.24) is 5.32 Å². The van der Waals surface area contributed by atoms with Gasteiger partial charge in [0.2, 0.25) is 5.78 Å². The molecule has 0 spiro atoms. The summed E-state index contributed by atoms with van der Waals surface area (Å²) in [7, 11) is 0. The van der Waals surface area contributed by atoms with Crippen molar-refractivity contribution in [2.45, 2.75) is 13.0 Å². The summed E-state index contributed by atoms with van der Waals surface area (Å²) in [6, 6.07) is -0.628. The van der Waals surface area contributed by atoms with Crippen molar-refractivity contribution in [3.05, 3.63) is 12.3 Å². The molecule has 5 nitrogen and oxygen atoms in total. The molecule has 0 aliphatic carbocycles. The molecule has 0 aromatic heterocycles. The monoisotopic (exact) mass is 169 g/mol. The van der Waals surface area contributed by atoms with Crippen LogP contribution in [0.5, 0.6) is 0 Å². The Bertz CT molecular complexity index is 269. The van der Waals surface area contributed by atoms with Crippen LogP contribution < -0.4 is 5.32 Å². The number of amides is 1. The summed E-state index contributed by atoms with van der Waals surface area (Å²) in [6.07, 6.45) is 2.40. The maximum absolute atomic E-state index is 10.6. The second kappa shape index (κ2) is 3.17. The molecule has 1 amide bonds. The van der Waals surface area contributed by atoms with Gasteiger partial charge in [-0.3, -0.25) is 14.4 Å². The van der Waals surface area contributed by atoms with Crippen molar-refractivity contribution >= 4 is 17.7 Å². The average Bonchev–Trinajstić information content (AvgIpc) is 2.02. The maximum atomic E-state index is 10.6. The van der Waals surface area contributed by atoms with E-state index < -0.39 is 23.7 Å². The van der Waals surface area contributed by atoms with Gasteiger partial charge in [-0.25, -0.2) is 0 Å². The molecule has 1 aliphatic heterocycles. The van der Waals surface area contributed by atoms with Crippen LogP contribution in [-0.4, -0.2) is 23.7 Å². The summed E-state index contributed by atoms with van der Waals surface area (Å²) in [5.74, 6) is -1.59. The van der Waals surface area contributed by atoms with Gasteiger partial charge in [-0.15, -0.1) is 0 Å². The molecule has 1 aliphatic rings. The van der Waals surface area contributed by atoms with Crippen LogP contribution in [0.2, 0.25) is 0 Å². The van der Waals surface area contributed by atoms with Gasteiger partial charge < -0.3 is 10.1 Å². The minimum atomic E-state index is -0.628. The second-order valence-electron chi connectivity index (χ2n) is 2.25. The van der Waals surface area contributed by atoms with Crippen LogP contribution in [0.25, 0.3) is 0 Å². The number of ketones is 1. The Morgan fingerprint density at radius 3 is 2.67 bits per heavy atom. The van der Waals surface area contributed by atoms with Crippen LogP contribution in [0.4, 0.5) is 0 Å². The normalized spacial score (nSPS) is 21.9. The molecule has 1 saturated heterocycles. The molecule has 0 radical (unpaired) electrons. The first-order valence-electron chi connectivity index (χ1n) is 3.30. The topological polar surface area (TPSA) is 72.5 Å². The van der Waals surface area contributed by atoms with E-state index in [1.807, 2.05) is 0 Å². The zero-order valence-electron chi connectivity index (χ0n) is 6.37. The predicted molar refractivity (Wildman–Crippen MR) is 37.8 cm³/mol. The van der Waals surface area contributed by atoms with E-state index in [0.29, 0.717) is 0 Å². The summed E-state index contributed by atoms with van der Waals surface area (Å²) >= 11 is 0. The molecule has 0 aromatic rings. The Morgan fingerprint density at radius 1 is 1.58 bits per heavy atom. The number of hydrogen-bond donors (Lipinski definition) is 1. The van der Waals surface area contributed by atoms with Gasteiger partial charge in [-0.1, -0.05) is 0 Å². The Balaban J connectivity index is 2.34. The number of β-lactam (4-membered cyclic amide) rings is 1. The van der Waals surface area contributed by atoms with E-state index >= 15 is 0 Å². The molecule has 64 valence electrons. The van der Waals surface area contributed by atoms with Crippen molar-refractivity contribution in [2.75, 3.05) is 0 Å². The highest BCUT2D eigenvalue weighted by molar-refractivity contribution is 6.45. The number of rotatable bonds is 2. The summed E-state index contributed by atoms with van der Waals surface area (Å²) in [5, 5.41) is 2.30. The van der Waals surface area contributed by atoms with E-state index in [9.17, 15) is 14.4 Å². The van der Waals surface area contributed by atoms with Gasteiger partial charge in [-0.05, 0) is 6.08 Å². The fourth-order valence-corrected chi connectivity index (χ4v) is 0.691. The highest BCUT2D eigenvalue weighted by atomic mass is 16.5. The molecule has 1 fully saturated rings. The number of esters is 1. The molecular formula is C7H7NO4. The average molecular weight is 169 g/mol. The van der Waals surface area contributed by atoms with E-state index in [1.54, 1.807) is 0 Å². The molecular weight excluding hydrogens is 162 g/mol. The van der Waals surface area contributed by atoms with Gasteiger partial charge in [0.05, 0.1) is 6.26 Å². The van der Waals surface area contributed by atoms with Gasteiger partial charge in [0.1, 0.15) is 6.04 Å². The lowest BCUT2D eigenvalue weighted by Crippen LogP contribution is -2.57. The van der Waals surface area contributed by atoms with Crippen LogP contribution >= 0.6 is 0 Å². The van der Waals surface area contributed by atoms with Crippen molar-refractivity contribution in [3.8, 4) is 0 Å². The van der Waals surface area contributed by atoms with Crippen LogP contribution in [0.1, 0.15) is 6.92 Å². The molecule has 1 unspecified atom stereocenters. The smallest absolute Gasteiger partial charge is 0.307 e. The van der Waals surface area contributed by atoms with E-state index in [-0.39, 0.29) is 0 Å². The molecule has 1 rings (SSSR count). The largest absolute Gasteiger partial charge is 0.435 e. The SMILES string of the molecule is CC(=O)OC=CC1NC(=O)C1=O. The summed E-state index contributed by atoms with van der Waals surface area (Å²) in [4.78, 5) is 31.2. The molecule has 0 bridgehead atoms. The lowest BCUT2D eigenvalue weighted by atomic mass is 10.1. The van der Waals surface area contributed by atoms with Crippen LogP contribution in [0, 0.1) is 0 Å². The van der Waals surface area contributed by atoms with Crippen LogP contribution in [0.15, 0.2) is 12.3 Å². The third kappa shape index (κ3) is 1.69. The quantitative estimate of drug-likeness (QED) is 0.252. The number of Topliss-reactive ketones (excluding diaryl/α,β-unsaturated/α-hetero) is 1. The molecule has 5 heteroatoms.